The number of alkyl halides is 3. The number of ether oxygens (including phenoxy) is 1. The molecule has 2 heterocycles. The van der Waals surface area contributed by atoms with Crippen LogP contribution in [0.15, 0.2) is 18.5 Å². The summed E-state index contributed by atoms with van der Waals surface area (Å²) in [4.78, 5) is 17.6. The molecule has 2 rings (SSSR count). The fourth-order valence-corrected chi connectivity index (χ4v) is 2.42. The van der Waals surface area contributed by atoms with E-state index in [1.807, 2.05) is 13.8 Å². The van der Waals surface area contributed by atoms with E-state index in [0.717, 1.165) is 0 Å². The van der Waals surface area contributed by atoms with Crippen LogP contribution in [0.1, 0.15) is 37.0 Å². The number of hydrogen-bond donors (Lipinski definition) is 1. The van der Waals surface area contributed by atoms with Gasteiger partial charge in [-0.05, 0) is 19.9 Å². The van der Waals surface area contributed by atoms with Crippen molar-refractivity contribution in [3.05, 3.63) is 24.0 Å². The van der Waals surface area contributed by atoms with Gasteiger partial charge < -0.3 is 14.7 Å². The van der Waals surface area contributed by atoms with Crippen LogP contribution in [0, 0.1) is 0 Å². The standard InChI is InChI=1S/C15H19F3N2O3/c1-10(2)23-12-7-11(8-19-9-12)13(21)20-5-3-14(22,4-6-20)15(16,17)18/h7-10,22H,3-6H2,1-2H3. The lowest BCUT2D eigenvalue weighted by atomic mass is 9.90. The normalized spacial score (nSPS) is 18.1. The largest absolute Gasteiger partial charge is 0.489 e. The molecule has 1 aromatic rings. The highest BCUT2D eigenvalue weighted by Gasteiger charge is 2.54. The average Bonchev–Trinajstić information content (AvgIpc) is 2.46. The molecule has 8 heteroatoms. The first-order chi connectivity index (χ1) is 10.6. The van der Waals surface area contributed by atoms with Crippen molar-refractivity contribution in [3.8, 4) is 5.75 Å². The summed E-state index contributed by atoms with van der Waals surface area (Å²) in [7, 11) is 0. The van der Waals surface area contributed by atoms with Crippen LogP contribution in [0.4, 0.5) is 13.2 Å². The molecule has 0 aromatic carbocycles. The van der Waals surface area contributed by atoms with E-state index in [1.165, 1.54) is 23.4 Å². The Bertz CT molecular complexity index is 567. The molecular weight excluding hydrogens is 313 g/mol. The minimum Gasteiger partial charge on any atom is -0.489 e. The van der Waals surface area contributed by atoms with Gasteiger partial charge in [0.2, 0.25) is 0 Å². The first-order valence-electron chi connectivity index (χ1n) is 7.32. The summed E-state index contributed by atoms with van der Waals surface area (Å²) >= 11 is 0. The highest BCUT2D eigenvalue weighted by Crippen LogP contribution is 2.38. The maximum atomic E-state index is 12.8. The summed E-state index contributed by atoms with van der Waals surface area (Å²) in [5.41, 5.74) is -2.47. The van der Waals surface area contributed by atoms with Gasteiger partial charge in [0.25, 0.3) is 5.91 Å². The molecule has 1 aromatic heterocycles. The second-order valence-electron chi connectivity index (χ2n) is 5.90. The monoisotopic (exact) mass is 332 g/mol. The number of nitrogens with zero attached hydrogens (tertiary/aromatic N) is 2. The second-order valence-corrected chi connectivity index (χ2v) is 5.90. The molecule has 1 aliphatic heterocycles. The summed E-state index contributed by atoms with van der Waals surface area (Å²) in [6.07, 6.45) is -3.01. The van der Waals surface area contributed by atoms with Gasteiger partial charge in [-0.2, -0.15) is 13.2 Å². The Morgan fingerprint density at radius 1 is 1.35 bits per heavy atom. The van der Waals surface area contributed by atoms with Gasteiger partial charge in [-0.25, -0.2) is 0 Å². The van der Waals surface area contributed by atoms with E-state index < -0.39 is 30.5 Å². The highest BCUT2D eigenvalue weighted by atomic mass is 19.4. The van der Waals surface area contributed by atoms with E-state index in [1.54, 1.807) is 0 Å². The van der Waals surface area contributed by atoms with Crippen LogP contribution in [0.3, 0.4) is 0 Å². The lowest BCUT2D eigenvalue weighted by Gasteiger charge is -2.39. The van der Waals surface area contributed by atoms with Gasteiger partial charge in [0.1, 0.15) is 5.75 Å². The Labute approximate surface area is 132 Å². The van der Waals surface area contributed by atoms with E-state index >= 15 is 0 Å². The quantitative estimate of drug-likeness (QED) is 0.923. The summed E-state index contributed by atoms with van der Waals surface area (Å²) in [5.74, 6) is 0.00517. The number of carbonyl (C=O) groups excluding carboxylic acids is 1. The Kier molecular flexibility index (Phi) is 4.84. The topological polar surface area (TPSA) is 62.7 Å². The van der Waals surface area contributed by atoms with Crippen LogP contribution in [0.2, 0.25) is 0 Å². The fraction of sp³-hybridized carbons (Fsp3) is 0.600. The van der Waals surface area contributed by atoms with Gasteiger partial charge in [-0.3, -0.25) is 9.78 Å². The van der Waals surface area contributed by atoms with Crippen molar-refractivity contribution in [2.45, 2.75) is 44.6 Å². The third kappa shape index (κ3) is 3.93. The minimum atomic E-state index is -4.69. The van der Waals surface area contributed by atoms with Crippen LogP contribution in [-0.2, 0) is 0 Å². The van der Waals surface area contributed by atoms with Crippen LogP contribution in [0.25, 0.3) is 0 Å². The minimum absolute atomic E-state index is 0.0843. The third-order valence-corrected chi connectivity index (χ3v) is 3.74. The van der Waals surface area contributed by atoms with E-state index in [9.17, 15) is 23.1 Å². The summed E-state index contributed by atoms with van der Waals surface area (Å²) in [5, 5.41) is 9.63. The lowest BCUT2D eigenvalue weighted by molar-refractivity contribution is -0.271. The van der Waals surface area contributed by atoms with Crippen LogP contribution < -0.4 is 4.74 Å². The number of aromatic nitrogens is 1. The number of pyridine rings is 1. The van der Waals surface area contributed by atoms with Gasteiger partial charge >= 0.3 is 6.18 Å². The average molecular weight is 332 g/mol. The molecule has 5 nitrogen and oxygen atoms in total. The molecule has 0 unspecified atom stereocenters. The van der Waals surface area contributed by atoms with Gasteiger partial charge in [-0.1, -0.05) is 0 Å². The van der Waals surface area contributed by atoms with Crippen LogP contribution in [-0.4, -0.2) is 51.9 Å². The number of aliphatic hydroxyl groups is 1. The van der Waals surface area contributed by atoms with Gasteiger partial charge in [0.15, 0.2) is 5.60 Å². The zero-order valence-corrected chi connectivity index (χ0v) is 12.9. The van der Waals surface area contributed by atoms with Crippen molar-refractivity contribution in [2.75, 3.05) is 13.1 Å². The van der Waals surface area contributed by atoms with Crippen molar-refractivity contribution in [1.29, 1.82) is 0 Å². The summed E-state index contributed by atoms with van der Waals surface area (Å²) < 4.78 is 43.8. The maximum Gasteiger partial charge on any atom is 0.417 e. The Hall–Kier alpha value is -1.83. The molecule has 1 N–H and O–H groups in total. The fourth-order valence-electron chi connectivity index (χ4n) is 2.42. The molecule has 128 valence electrons. The zero-order valence-electron chi connectivity index (χ0n) is 12.9. The predicted molar refractivity (Wildman–Crippen MR) is 76.1 cm³/mol. The molecule has 0 atom stereocenters. The third-order valence-electron chi connectivity index (χ3n) is 3.74. The number of hydrogen-bond acceptors (Lipinski definition) is 4. The second kappa shape index (κ2) is 6.35. The van der Waals surface area contributed by atoms with Crippen molar-refractivity contribution in [2.24, 2.45) is 0 Å². The molecule has 23 heavy (non-hydrogen) atoms. The van der Waals surface area contributed by atoms with Crippen LogP contribution in [0.5, 0.6) is 5.75 Å². The molecule has 0 saturated carbocycles. The molecule has 1 fully saturated rings. The smallest absolute Gasteiger partial charge is 0.417 e. The molecular formula is C15H19F3N2O3. The predicted octanol–water partition coefficient (Wildman–Crippen LogP) is 2.40. The number of rotatable bonds is 3. The van der Waals surface area contributed by atoms with Gasteiger partial charge in [0.05, 0.1) is 17.9 Å². The van der Waals surface area contributed by atoms with Gasteiger partial charge in [0, 0.05) is 32.1 Å². The Morgan fingerprint density at radius 3 is 2.48 bits per heavy atom. The molecule has 1 amide bonds. The van der Waals surface area contributed by atoms with Gasteiger partial charge in [-0.15, -0.1) is 0 Å². The Balaban J connectivity index is 2.06. The molecule has 1 aliphatic rings. The maximum absolute atomic E-state index is 12.8. The number of likely N-dealkylation sites (tertiary alicyclic amines) is 1. The molecule has 0 spiro atoms. The first-order valence-corrected chi connectivity index (χ1v) is 7.32. The highest BCUT2D eigenvalue weighted by molar-refractivity contribution is 5.94. The van der Waals surface area contributed by atoms with Crippen molar-refractivity contribution in [3.63, 3.8) is 0 Å². The van der Waals surface area contributed by atoms with E-state index in [0.29, 0.717) is 5.75 Å². The summed E-state index contributed by atoms with van der Waals surface area (Å²) in [6, 6.07) is 1.51. The van der Waals surface area contributed by atoms with Crippen molar-refractivity contribution in [1.82, 2.24) is 9.88 Å². The van der Waals surface area contributed by atoms with Crippen molar-refractivity contribution < 1.29 is 27.8 Å². The van der Waals surface area contributed by atoms with Crippen molar-refractivity contribution >= 4 is 5.91 Å². The number of carbonyl (C=O) groups is 1. The van der Waals surface area contributed by atoms with E-state index in [-0.39, 0.29) is 24.8 Å². The molecule has 0 bridgehead atoms. The number of halogens is 3. The zero-order chi connectivity index (χ0) is 17.3. The van der Waals surface area contributed by atoms with Crippen LogP contribution >= 0.6 is 0 Å². The Morgan fingerprint density at radius 2 is 1.96 bits per heavy atom. The van der Waals surface area contributed by atoms with E-state index in [4.69, 9.17) is 4.74 Å². The SMILES string of the molecule is CC(C)Oc1cncc(C(=O)N2CCC(O)(C(F)(F)F)CC2)c1. The summed E-state index contributed by atoms with van der Waals surface area (Å²) in [6.45, 7) is 3.34. The molecule has 0 aliphatic carbocycles. The molecule has 1 saturated heterocycles. The molecule has 0 radical (unpaired) electrons. The number of piperidine rings is 1. The lowest BCUT2D eigenvalue weighted by Crippen LogP contribution is -2.54. The first kappa shape index (κ1) is 17.5. The van der Waals surface area contributed by atoms with E-state index in [2.05, 4.69) is 4.98 Å². The number of amides is 1.